The highest BCUT2D eigenvalue weighted by Crippen LogP contribution is 2.36. The second-order valence-electron chi connectivity index (χ2n) is 8.30. The van der Waals surface area contributed by atoms with Crippen LogP contribution in [0.2, 0.25) is 5.02 Å². The molecule has 12 nitrogen and oxygen atoms in total. The fourth-order valence-electron chi connectivity index (χ4n) is 3.44. The molecular weight excluding hydrogens is 526 g/mol. The minimum Gasteiger partial charge on any atom is -0.437 e. The average molecular weight is 550 g/mol. The molecule has 0 radical (unpaired) electrons. The number of methoxy groups -OCH3 is 1. The normalized spacial score (nSPS) is 13.4. The van der Waals surface area contributed by atoms with Gasteiger partial charge in [0.2, 0.25) is 15.9 Å². The molecule has 0 saturated heterocycles. The average Bonchev–Trinajstić information content (AvgIpc) is 3.60. The van der Waals surface area contributed by atoms with E-state index in [1.807, 2.05) is 0 Å². The van der Waals surface area contributed by atoms with E-state index in [0.29, 0.717) is 35.7 Å². The summed E-state index contributed by atoms with van der Waals surface area (Å²) in [6.45, 7) is 2.13. The van der Waals surface area contributed by atoms with Gasteiger partial charge in [-0.25, -0.2) is 13.1 Å². The number of nitrogens with zero attached hydrogens (tertiary/aromatic N) is 3. The number of nitro groups is 1. The molecule has 4 rings (SSSR count). The van der Waals surface area contributed by atoms with Crippen LogP contribution in [-0.4, -0.2) is 55.3 Å². The Labute approximate surface area is 217 Å². The molecule has 1 amide bonds. The van der Waals surface area contributed by atoms with Gasteiger partial charge in [0.25, 0.3) is 11.6 Å². The molecule has 14 heteroatoms. The van der Waals surface area contributed by atoms with Crippen LogP contribution >= 0.6 is 11.6 Å². The molecule has 1 saturated carbocycles. The van der Waals surface area contributed by atoms with E-state index in [0.717, 1.165) is 12.1 Å². The first-order valence-electron chi connectivity index (χ1n) is 11.2. The number of nitrogens with one attached hydrogen (secondary N) is 2. The first-order chi connectivity index (χ1) is 17.6. The van der Waals surface area contributed by atoms with E-state index in [-0.39, 0.29) is 29.9 Å². The third-order valence-corrected chi connectivity index (χ3v) is 7.24. The van der Waals surface area contributed by atoms with Crippen molar-refractivity contribution in [3.63, 3.8) is 0 Å². The molecule has 1 heterocycles. The van der Waals surface area contributed by atoms with Crippen molar-refractivity contribution in [2.45, 2.75) is 30.7 Å². The third-order valence-electron chi connectivity index (χ3n) is 5.46. The highest BCUT2D eigenvalue weighted by molar-refractivity contribution is 7.89. The van der Waals surface area contributed by atoms with Gasteiger partial charge in [0.15, 0.2) is 5.69 Å². The van der Waals surface area contributed by atoms with Crippen molar-refractivity contribution >= 4 is 33.2 Å². The molecule has 1 aromatic heterocycles. The van der Waals surface area contributed by atoms with Gasteiger partial charge in [-0.3, -0.25) is 14.9 Å². The molecule has 1 fully saturated rings. The fraction of sp³-hybridized carbons (Fsp3) is 0.304. The molecule has 0 unspecified atom stereocenters. The summed E-state index contributed by atoms with van der Waals surface area (Å²) in [6.07, 6.45) is 1.35. The number of benzene rings is 2. The first-order valence-corrected chi connectivity index (χ1v) is 13.1. The van der Waals surface area contributed by atoms with Gasteiger partial charge in [0, 0.05) is 42.4 Å². The van der Waals surface area contributed by atoms with E-state index in [4.69, 9.17) is 21.1 Å². The van der Waals surface area contributed by atoms with Gasteiger partial charge < -0.3 is 14.8 Å². The maximum absolute atomic E-state index is 13.1. The first kappa shape index (κ1) is 26.5. The highest BCUT2D eigenvalue weighted by Gasteiger charge is 2.32. The molecule has 0 aliphatic heterocycles. The number of aromatic nitrogens is 2. The van der Waals surface area contributed by atoms with Gasteiger partial charge >= 0.3 is 0 Å². The lowest BCUT2D eigenvalue weighted by Gasteiger charge is -2.14. The second-order valence-corrected chi connectivity index (χ2v) is 10.4. The molecule has 1 aliphatic carbocycles. The van der Waals surface area contributed by atoms with Crippen LogP contribution in [0, 0.1) is 17.0 Å². The maximum atomic E-state index is 13.1. The van der Waals surface area contributed by atoms with Crippen LogP contribution in [0.4, 0.5) is 5.69 Å². The minimum atomic E-state index is -4.15. The summed E-state index contributed by atoms with van der Waals surface area (Å²) in [5.41, 5.74) is 0.381. The summed E-state index contributed by atoms with van der Waals surface area (Å²) < 4.78 is 41.0. The van der Waals surface area contributed by atoms with Crippen molar-refractivity contribution in [1.29, 1.82) is 0 Å². The highest BCUT2D eigenvalue weighted by atomic mass is 35.5. The van der Waals surface area contributed by atoms with Gasteiger partial charge in [-0.2, -0.15) is 9.78 Å². The SMILES string of the molecule is COCCNC(=O)c1nn(-c2cccc(Cl)c2)c(Oc2ccc([N+](=O)[O-])cc2S(=O)(=O)NC2CC2)c1C. The zero-order valence-electron chi connectivity index (χ0n) is 19.9. The van der Waals surface area contributed by atoms with Gasteiger partial charge in [0.05, 0.1) is 17.2 Å². The van der Waals surface area contributed by atoms with E-state index in [2.05, 4.69) is 15.1 Å². The van der Waals surface area contributed by atoms with Crippen molar-refractivity contribution in [3.8, 4) is 17.3 Å². The van der Waals surface area contributed by atoms with E-state index in [1.54, 1.807) is 31.2 Å². The van der Waals surface area contributed by atoms with Gasteiger partial charge in [-0.1, -0.05) is 17.7 Å². The smallest absolute Gasteiger partial charge is 0.272 e. The summed E-state index contributed by atoms with van der Waals surface area (Å²) in [6, 6.07) is 9.65. The number of ether oxygens (including phenoxy) is 2. The number of nitro benzene ring substituents is 1. The molecule has 3 aromatic rings. The summed E-state index contributed by atoms with van der Waals surface area (Å²) in [5.74, 6) is -0.626. The zero-order valence-corrected chi connectivity index (χ0v) is 21.5. The van der Waals surface area contributed by atoms with Gasteiger partial charge in [-0.15, -0.1) is 0 Å². The molecule has 37 heavy (non-hydrogen) atoms. The lowest BCUT2D eigenvalue weighted by Crippen LogP contribution is -2.28. The van der Waals surface area contributed by atoms with Crippen molar-refractivity contribution in [2.24, 2.45) is 0 Å². The van der Waals surface area contributed by atoms with Crippen LogP contribution in [0.25, 0.3) is 5.69 Å². The van der Waals surface area contributed by atoms with Crippen LogP contribution < -0.4 is 14.8 Å². The molecule has 1 aliphatic rings. The second kappa shape index (κ2) is 10.8. The fourth-order valence-corrected chi connectivity index (χ4v) is 5.08. The van der Waals surface area contributed by atoms with Gasteiger partial charge in [-0.05, 0) is 44.0 Å². The predicted molar refractivity (Wildman–Crippen MR) is 134 cm³/mol. The number of hydrogen-bond donors (Lipinski definition) is 2. The van der Waals surface area contributed by atoms with Crippen LogP contribution in [0.5, 0.6) is 11.6 Å². The quantitative estimate of drug-likeness (QED) is 0.209. The van der Waals surface area contributed by atoms with E-state index < -0.39 is 31.4 Å². The molecule has 0 bridgehead atoms. The van der Waals surface area contributed by atoms with E-state index >= 15 is 0 Å². The maximum Gasteiger partial charge on any atom is 0.272 e. The Bertz CT molecular complexity index is 1450. The summed E-state index contributed by atoms with van der Waals surface area (Å²) in [7, 11) is -2.64. The number of sulfonamides is 1. The van der Waals surface area contributed by atoms with E-state index in [9.17, 15) is 23.3 Å². The topological polar surface area (TPSA) is 155 Å². The van der Waals surface area contributed by atoms with Gasteiger partial charge in [0.1, 0.15) is 10.6 Å². The number of carbonyl (C=O) groups excluding carboxylic acids is 1. The molecule has 196 valence electrons. The number of amides is 1. The van der Waals surface area contributed by atoms with Crippen molar-refractivity contribution < 1.29 is 27.6 Å². The Morgan fingerprint density at radius 1 is 1.27 bits per heavy atom. The number of rotatable bonds is 11. The Morgan fingerprint density at radius 2 is 2.03 bits per heavy atom. The minimum absolute atomic E-state index is 0.0357. The molecular formula is C23H24ClN5O7S. The largest absolute Gasteiger partial charge is 0.437 e. The van der Waals surface area contributed by atoms with Crippen LogP contribution in [0.3, 0.4) is 0 Å². The summed E-state index contributed by atoms with van der Waals surface area (Å²) in [4.78, 5) is 23.1. The number of hydrogen-bond acceptors (Lipinski definition) is 8. The number of carbonyl (C=O) groups is 1. The monoisotopic (exact) mass is 549 g/mol. The third kappa shape index (κ3) is 6.07. The van der Waals surface area contributed by atoms with Crippen LogP contribution in [0.15, 0.2) is 47.4 Å². The number of non-ortho nitro benzene ring substituents is 1. The number of halogens is 1. The Balaban J connectivity index is 1.82. The Morgan fingerprint density at radius 3 is 2.68 bits per heavy atom. The molecule has 2 N–H and O–H groups in total. The Kier molecular flexibility index (Phi) is 7.78. The standard InChI is InChI=1S/C23H24ClN5O7S/c1-14-21(22(30)25-10-11-35-2)26-28(17-5-3-4-15(24)12-17)23(14)36-19-9-8-18(29(31)32)13-20(19)37(33,34)27-16-6-7-16/h3-5,8-9,12-13,16,27H,6-7,10-11H2,1-2H3,(H,25,30). The van der Waals surface area contributed by atoms with Crippen molar-refractivity contribution in [3.05, 3.63) is 68.9 Å². The summed E-state index contributed by atoms with van der Waals surface area (Å²) in [5, 5.41) is 18.9. The molecule has 0 spiro atoms. The van der Waals surface area contributed by atoms with Crippen molar-refractivity contribution in [1.82, 2.24) is 19.8 Å². The molecule has 0 atom stereocenters. The summed E-state index contributed by atoms with van der Waals surface area (Å²) >= 11 is 6.16. The molecule has 2 aromatic carbocycles. The van der Waals surface area contributed by atoms with Crippen molar-refractivity contribution in [2.75, 3.05) is 20.3 Å². The lowest BCUT2D eigenvalue weighted by molar-refractivity contribution is -0.385. The lowest BCUT2D eigenvalue weighted by atomic mass is 10.2. The van der Waals surface area contributed by atoms with Crippen LogP contribution in [0.1, 0.15) is 28.9 Å². The van der Waals surface area contributed by atoms with E-state index in [1.165, 1.54) is 17.9 Å². The Hall–Kier alpha value is -3.52. The predicted octanol–water partition coefficient (Wildman–Crippen LogP) is 3.35. The van der Waals surface area contributed by atoms with Crippen LogP contribution in [-0.2, 0) is 14.8 Å². The zero-order chi connectivity index (χ0) is 26.7.